The maximum absolute atomic E-state index is 11.2. The summed E-state index contributed by atoms with van der Waals surface area (Å²) in [5, 5.41) is 19.2. The van der Waals surface area contributed by atoms with E-state index in [0.717, 1.165) is 0 Å². The van der Waals surface area contributed by atoms with Crippen LogP contribution in [0.25, 0.3) is 0 Å². The molecule has 20 heavy (non-hydrogen) atoms. The van der Waals surface area contributed by atoms with Gasteiger partial charge in [0.15, 0.2) is 6.61 Å². The molecule has 5 heteroatoms. The minimum absolute atomic E-state index is 0.245. The lowest BCUT2D eigenvalue weighted by atomic mass is 10.3. The molecule has 1 unspecified atom stereocenters. The molecule has 0 aliphatic carbocycles. The third-order valence-corrected chi connectivity index (χ3v) is 2.54. The normalized spacial score (nSPS) is 13.2. The van der Waals surface area contributed by atoms with E-state index in [-0.39, 0.29) is 5.75 Å². The smallest absolute Gasteiger partial charge is 0.380 e. The van der Waals surface area contributed by atoms with Crippen LogP contribution in [0.1, 0.15) is 0 Å². The highest BCUT2D eigenvalue weighted by molar-refractivity contribution is 5.76. The van der Waals surface area contributed by atoms with Gasteiger partial charge in [0.25, 0.3) is 0 Å². The molecule has 2 aromatic rings. The molecule has 0 heterocycles. The quantitative estimate of drug-likeness (QED) is 0.787. The van der Waals surface area contributed by atoms with Crippen molar-refractivity contribution in [2.24, 2.45) is 0 Å². The zero-order chi connectivity index (χ0) is 14.4. The second kappa shape index (κ2) is 6.08. The summed E-state index contributed by atoms with van der Waals surface area (Å²) in [6.07, 6.45) is 0. The monoisotopic (exact) mass is 274 g/mol. The predicted octanol–water partition coefficient (Wildman–Crippen LogP) is 1.92. The maximum atomic E-state index is 11.2. The summed E-state index contributed by atoms with van der Waals surface area (Å²) >= 11 is 0. The zero-order valence-electron chi connectivity index (χ0n) is 10.6. The Balaban J connectivity index is 2.08. The fourth-order valence-electron chi connectivity index (χ4n) is 1.52. The molecule has 0 radical (unpaired) electrons. The van der Waals surface area contributed by atoms with Crippen LogP contribution in [0.3, 0.4) is 0 Å². The summed E-state index contributed by atoms with van der Waals surface area (Å²) in [4.78, 5) is 11.2. The van der Waals surface area contributed by atoms with Crippen LogP contribution in [-0.2, 0) is 4.79 Å². The lowest BCUT2D eigenvalue weighted by Gasteiger charge is -2.24. The van der Waals surface area contributed by atoms with Crippen LogP contribution in [0.2, 0.25) is 0 Å². The van der Waals surface area contributed by atoms with Gasteiger partial charge >= 0.3 is 11.8 Å². The zero-order valence-corrected chi connectivity index (χ0v) is 10.6. The molecular formula is C15H14O5. The molecule has 0 spiro atoms. The summed E-state index contributed by atoms with van der Waals surface area (Å²) in [7, 11) is 0. The van der Waals surface area contributed by atoms with Crippen LogP contribution >= 0.6 is 0 Å². The van der Waals surface area contributed by atoms with Crippen molar-refractivity contribution in [1.82, 2.24) is 0 Å². The number of ether oxygens (including phenoxy) is 2. The molecule has 2 aromatic carbocycles. The van der Waals surface area contributed by atoms with E-state index in [4.69, 9.17) is 14.6 Å². The van der Waals surface area contributed by atoms with Gasteiger partial charge in [-0.1, -0.05) is 36.4 Å². The molecule has 0 bridgehead atoms. The highest BCUT2D eigenvalue weighted by Crippen LogP contribution is 2.18. The summed E-state index contributed by atoms with van der Waals surface area (Å²) in [6, 6.07) is 16.8. The Hall–Kier alpha value is -2.53. The number of aliphatic carboxylic acids is 1. The SMILES string of the molecule is O=C(O)C(O)(COc1ccccc1)Oc1ccccc1. The molecule has 0 fully saturated rings. The van der Waals surface area contributed by atoms with Crippen molar-refractivity contribution in [2.75, 3.05) is 6.61 Å². The number of benzene rings is 2. The first-order valence-corrected chi connectivity index (χ1v) is 5.98. The van der Waals surface area contributed by atoms with E-state index >= 15 is 0 Å². The molecule has 5 nitrogen and oxygen atoms in total. The van der Waals surface area contributed by atoms with E-state index < -0.39 is 18.4 Å². The number of rotatable bonds is 6. The van der Waals surface area contributed by atoms with Gasteiger partial charge in [0.1, 0.15) is 11.5 Å². The van der Waals surface area contributed by atoms with Gasteiger partial charge in [-0.05, 0) is 24.3 Å². The van der Waals surface area contributed by atoms with Crippen LogP contribution in [0.4, 0.5) is 0 Å². The van der Waals surface area contributed by atoms with Crippen LogP contribution in [0.15, 0.2) is 60.7 Å². The fraction of sp³-hybridized carbons (Fsp3) is 0.133. The number of carbonyl (C=O) groups is 1. The van der Waals surface area contributed by atoms with Crippen LogP contribution < -0.4 is 9.47 Å². The number of para-hydroxylation sites is 2. The second-order valence-electron chi connectivity index (χ2n) is 4.11. The Morgan fingerprint density at radius 2 is 1.45 bits per heavy atom. The van der Waals surface area contributed by atoms with Gasteiger partial charge in [-0.25, -0.2) is 4.79 Å². The Labute approximate surface area is 116 Å². The van der Waals surface area contributed by atoms with Crippen molar-refractivity contribution in [2.45, 2.75) is 5.79 Å². The molecule has 0 aliphatic heterocycles. The van der Waals surface area contributed by atoms with E-state index in [9.17, 15) is 9.90 Å². The van der Waals surface area contributed by atoms with Crippen molar-refractivity contribution in [3.63, 3.8) is 0 Å². The van der Waals surface area contributed by atoms with Gasteiger partial charge in [0, 0.05) is 0 Å². The molecule has 0 saturated heterocycles. The fourth-order valence-corrected chi connectivity index (χ4v) is 1.52. The molecule has 0 saturated carbocycles. The Bertz CT molecular complexity index is 555. The van der Waals surface area contributed by atoms with Crippen molar-refractivity contribution in [3.05, 3.63) is 60.7 Å². The molecule has 0 aliphatic rings. The van der Waals surface area contributed by atoms with Crippen molar-refractivity contribution in [3.8, 4) is 11.5 Å². The summed E-state index contributed by atoms with van der Waals surface area (Å²) in [5.74, 6) is -3.27. The minimum atomic E-state index is -2.45. The van der Waals surface area contributed by atoms with E-state index in [1.165, 1.54) is 0 Å². The first-order valence-electron chi connectivity index (χ1n) is 5.98. The molecule has 0 aromatic heterocycles. The number of carboxylic acids is 1. The number of hydrogen-bond donors (Lipinski definition) is 2. The van der Waals surface area contributed by atoms with E-state index in [0.29, 0.717) is 5.75 Å². The van der Waals surface area contributed by atoms with E-state index in [2.05, 4.69) is 0 Å². The summed E-state index contributed by atoms with van der Waals surface area (Å²) in [5.41, 5.74) is 0. The topological polar surface area (TPSA) is 76.0 Å². The molecule has 1 atom stereocenters. The van der Waals surface area contributed by atoms with Crippen molar-refractivity contribution < 1.29 is 24.5 Å². The molecule has 0 amide bonds. The minimum Gasteiger partial charge on any atom is -0.486 e. The predicted molar refractivity (Wildman–Crippen MR) is 71.6 cm³/mol. The van der Waals surface area contributed by atoms with Crippen LogP contribution in [0.5, 0.6) is 11.5 Å². The molecule has 2 N–H and O–H groups in total. The second-order valence-corrected chi connectivity index (χ2v) is 4.11. The lowest BCUT2D eigenvalue weighted by Crippen LogP contribution is -2.49. The average Bonchev–Trinajstić information content (AvgIpc) is 2.47. The number of hydrogen-bond acceptors (Lipinski definition) is 4. The molecule has 2 rings (SSSR count). The van der Waals surface area contributed by atoms with Gasteiger partial charge < -0.3 is 19.7 Å². The standard InChI is InChI=1S/C15H14O5/c16-14(17)15(18,20-13-9-5-2-6-10-13)11-19-12-7-3-1-4-8-12/h1-10,18H,11H2,(H,16,17). The van der Waals surface area contributed by atoms with Gasteiger partial charge in [0.2, 0.25) is 0 Å². The summed E-state index contributed by atoms with van der Waals surface area (Å²) in [6.45, 7) is -0.527. The number of carboxylic acid groups (broad SMARTS) is 1. The maximum Gasteiger partial charge on any atom is 0.380 e. The van der Waals surface area contributed by atoms with E-state index in [1.54, 1.807) is 60.7 Å². The first kappa shape index (κ1) is 13.9. The van der Waals surface area contributed by atoms with E-state index in [1.807, 2.05) is 0 Å². The van der Waals surface area contributed by atoms with Crippen molar-refractivity contribution in [1.29, 1.82) is 0 Å². The van der Waals surface area contributed by atoms with Crippen LogP contribution in [0, 0.1) is 0 Å². The first-order chi connectivity index (χ1) is 9.60. The lowest BCUT2D eigenvalue weighted by molar-refractivity contribution is -0.201. The van der Waals surface area contributed by atoms with Gasteiger partial charge in [-0.3, -0.25) is 0 Å². The van der Waals surface area contributed by atoms with Crippen LogP contribution in [-0.4, -0.2) is 28.6 Å². The summed E-state index contributed by atoms with van der Waals surface area (Å²) < 4.78 is 10.4. The Morgan fingerprint density at radius 1 is 0.950 bits per heavy atom. The van der Waals surface area contributed by atoms with Crippen molar-refractivity contribution >= 4 is 5.97 Å². The average molecular weight is 274 g/mol. The Kier molecular flexibility index (Phi) is 4.22. The third-order valence-electron chi connectivity index (χ3n) is 2.54. The highest BCUT2D eigenvalue weighted by Gasteiger charge is 2.40. The van der Waals surface area contributed by atoms with Gasteiger partial charge in [-0.15, -0.1) is 0 Å². The highest BCUT2D eigenvalue weighted by atomic mass is 16.7. The Morgan fingerprint density at radius 3 is 1.95 bits per heavy atom. The van der Waals surface area contributed by atoms with Gasteiger partial charge in [-0.2, -0.15) is 0 Å². The largest absolute Gasteiger partial charge is 0.486 e. The molecule has 104 valence electrons. The third kappa shape index (κ3) is 3.49. The number of aliphatic hydroxyl groups is 1. The van der Waals surface area contributed by atoms with Gasteiger partial charge in [0.05, 0.1) is 0 Å². The molecular weight excluding hydrogens is 260 g/mol.